The van der Waals surface area contributed by atoms with E-state index in [-0.39, 0.29) is 6.61 Å². The molecule has 0 radical (unpaired) electrons. The first-order valence-electron chi connectivity index (χ1n) is 6.61. The van der Waals surface area contributed by atoms with Crippen LogP contribution >= 0.6 is 0 Å². The summed E-state index contributed by atoms with van der Waals surface area (Å²) >= 11 is 0. The Kier molecular flexibility index (Phi) is 6.84. The molecule has 0 saturated carbocycles. The van der Waals surface area contributed by atoms with Crippen LogP contribution in [0.2, 0.25) is 0 Å². The standard InChI is InChI=1S/C14H19N3O5/c1-9(13(20)17-11(7-18)12(15)19)16-14(21)22-8-10-5-3-2-4-6-10/h2-6,9,11,18H,7-8H2,1H3,(H2,15,19)(H,16,21)(H,17,20)/t9-,11-/m1/s1. The lowest BCUT2D eigenvalue weighted by Crippen LogP contribution is -2.53. The smallest absolute Gasteiger partial charge is 0.408 e. The number of hydrogen-bond donors (Lipinski definition) is 4. The minimum absolute atomic E-state index is 0.0710. The monoisotopic (exact) mass is 309 g/mol. The average Bonchev–Trinajstić information content (AvgIpc) is 2.50. The quantitative estimate of drug-likeness (QED) is 0.527. The van der Waals surface area contributed by atoms with Crippen LogP contribution in [0.25, 0.3) is 0 Å². The molecule has 8 nitrogen and oxygen atoms in total. The van der Waals surface area contributed by atoms with E-state index < -0.39 is 36.6 Å². The second kappa shape index (κ2) is 8.63. The van der Waals surface area contributed by atoms with Crippen LogP contribution in [0.5, 0.6) is 0 Å². The Morgan fingerprint density at radius 1 is 1.23 bits per heavy atom. The zero-order valence-electron chi connectivity index (χ0n) is 12.1. The van der Waals surface area contributed by atoms with Crippen LogP contribution in [0.3, 0.4) is 0 Å². The molecule has 1 aromatic carbocycles. The molecule has 0 aliphatic rings. The van der Waals surface area contributed by atoms with Crippen LogP contribution in [0.1, 0.15) is 12.5 Å². The number of carbonyl (C=O) groups excluding carboxylic acids is 3. The zero-order valence-corrected chi connectivity index (χ0v) is 12.1. The predicted molar refractivity (Wildman–Crippen MR) is 77.4 cm³/mol. The van der Waals surface area contributed by atoms with E-state index in [9.17, 15) is 14.4 Å². The summed E-state index contributed by atoms with van der Waals surface area (Å²) in [5.74, 6) is -1.52. The van der Waals surface area contributed by atoms with E-state index in [1.165, 1.54) is 6.92 Å². The largest absolute Gasteiger partial charge is 0.445 e. The number of ether oxygens (including phenoxy) is 1. The third-order valence-corrected chi connectivity index (χ3v) is 2.78. The number of nitrogens with two attached hydrogens (primary N) is 1. The van der Waals surface area contributed by atoms with Crippen LogP contribution in [-0.2, 0) is 20.9 Å². The first kappa shape index (κ1) is 17.4. The highest BCUT2D eigenvalue weighted by Gasteiger charge is 2.22. The molecule has 0 aliphatic carbocycles. The van der Waals surface area contributed by atoms with E-state index >= 15 is 0 Å². The Balaban J connectivity index is 2.39. The summed E-state index contributed by atoms with van der Waals surface area (Å²) in [5, 5.41) is 13.4. The van der Waals surface area contributed by atoms with E-state index in [4.69, 9.17) is 15.6 Å². The molecule has 3 amide bonds. The zero-order chi connectivity index (χ0) is 16.5. The van der Waals surface area contributed by atoms with Crippen molar-refractivity contribution < 1.29 is 24.2 Å². The van der Waals surface area contributed by atoms with Gasteiger partial charge < -0.3 is 26.2 Å². The number of benzene rings is 1. The van der Waals surface area contributed by atoms with Crippen molar-refractivity contribution in [1.82, 2.24) is 10.6 Å². The van der Waals surface area contributed by atoms with Crippen LogP contribution in [0.4, 0.5) is 4.79 Å². The average molecular weight is 309 g/mol. The summed E-state index contributed by atoms with van der Waals surface area (Å²) in [6.07, 6.45) is -0.772. The van der Waals surface area contributed by atoms with Gasteiger partial charge in [0, 0.05) is 0 Å². The van der Waals surface area contributed by atoms with Crippen molar-refractivity contribution in [2.45, 2.75) is 25.6 Å². The van der Waals surface area contributed by atoms with Crippen molar-refractivity contribution in [3.05, 3.63) is 35.9 Å². The lowest BCUT2D eigenvalue weighted by molar-refractivity contribution is -0.129. The van der Waals surface area contributed by atoms with Crippen molar-refractivity contribution in [2.75, 3.05) is 6.61 Å². The Morgan fingerprint density at radius 2 is 1.86 bits per heavy atom. The number of amides is 3. The maximum absolute atomic E-state index is 11.7. The van der Waals surface area contributed by atoms with Gasteiger partial charge in [-0.3, -0.25) is 9.59 Å². The summed E-state index contributed by atoms with van der Waals surface area (Å²) in [6, 6.07) is 6.90. The third kappa shape index (κ3) is 5.80. The second-order valence-corrected chi connectivity index (χ2v) is 4.57. The maximum atomic E-state index is 11.7. The molecule has 22 heavy (non-hydrogen) atoms. The molecule has 120 valence electrons. The minimum atomic E-state index is -1.20. The van der Waals surface area contributed by atoms with Gasteiger partial charge in [0.15, 0.2) is 0 Å². The van der Waals surface area contributed by atoms with Crippen molar-refractivity contribution in [1.29, 1.82) is 0 Å². The van der Waals surface area contributed by atoms with Crippen LogP contribution in [-0.4, -0.2) is 41.7 Å². The van der Waals surface area contributed by atoms with Gasteiger partial charge in [0.2, 0.25) is 11.8 Å². The van der Waals surface area contributed by atoms with Crippen molar-refractivity contribution in [3.63, 3.8) is 0 Å². The second-order valence-electron chi connectivity index (χ2n) is 4.57. The number of nitrogens with one attached hydrogen (secondary N) is 2. The van der Waals surface area contributed by atoms with E-state index in [1.807, 2.05) is 18.2 Å². The molecule has 0 fully saturated rings. The van der Waals surface area contributed by atoms with E-state index in [2.05, 4.69) is 10.6 Å². The normalized spacial score (nSPS) is 12.8. The molecule has 0 aromatic heterocycles. The molecule has 2 atom stereocenters. The van der Waals surface area contributed by atoms with Crippen molar-refractivity contribution in [2.24, 2.45) is 5.73 Å². The summed E-state index contributed by atoms with van der Waals surface area (Å²) in [7, 11) is 0. The first-order valence-corrected chi connectivity index (χ1v) is 6.61. The van der Waals surface area contributed by atoms with Crippen LogP contribution in [0.15, 0.2) is 30.3 Å². The Hall–Kier alpha value is -2.61. The summed E-state index contributed by atoms with van der Waals surface area (Å²) in [4.78, 5) is 34.2. The van der Waals surface area contributed by atoms with Gasteiger partial charge in [-0.25, -0.2) is 4.79 Å². The summed E-state index contributed by atoms with van der Waals surface area (Å²) in [6.45, 7) is 0.863. The van der Waals surface area contributed by atoms with Crippen molar-refractivity contribution in [3.8, 4) is 0 Å². The van der Waals surface area contributed by atoms with E-state index in [1.54, 1.807) is 12.1 Å². The Bertz CT molecular complexity index is 520. The molecule has 0 aliphatic heterocycles. The van der Waals surface area contributed by atoms with E-state index in [0.717, 1.165) is 5.56 Å². The fraction of sp³-hybridized carbons (Fsp3) is 0.357. The van der Waals surface area contributed by atoms with Gasteiger partial charge in [-0.15, -0.1) is 0 Å². The van der Waals surface area contributed by atoms with Crippen LogP contribution < -0.4 is 16.4 Å². The molecule has 8 heteroatoms. The number of primary amides is 1. The SMILES string of the molecule is C[C@@H](NC(=O)OCc1ccccc1)C(=O)N[C@H](CO)C(N)=O. The number of aliphatic hydroxyl groups is 1. The van der Waals surface area contributed by atoms with Gasteiger partial charge in [0.25, 0.3) is 0 Å². The molecule has 0 spiro atoms. The highest BCUT2D eigenvalue weighted by Crippen LogP contribution is 2.00. The molecule has 1 rings (SSSR count). The fourth-order valence-corrected chi connectivity index (χ4v) is 1.51. The fourth-order valence-electron chi connectivity index (χ4n) is 1.51. The lowest BCUT2D eigenvalue weighted by Gasteiger charge is -2.17. The Labute approximate surface area is 127 Å². The van der Waals surface area contributed by atoms with Gasteiger partial charge in [-0.2, -0.15) is 0 Å². The first-order chi connectivity index (χ1) is 10.4. The number of carbonyl (C=O) groups is 3. The number of hydrogen-bond acceptors (Lipinski definition) is 5. The van der Waals surface area contributed by atoms with Crippen molar-refractivity contribution >= 4 is 17.9 Å². The number of aliphatic hydroxyl groups excluding tert-OH is 1. The lowest BCUT2D eigenvalue weighted by atomic mass is 10.2. The maximum Gasteiger partial charge on any atom is 0.408 e. The Morgan fingerprint density at radius 3 is 2.41 bits per heavy atom. The highest BCUT2D eigenvalue weighted by molar-refractivity contribution is 5.90. The molecular formula is C14H19N3O5. The number of alkyl carbamates (subject to hydrolysis) is 1. The molecule has 1 aromatic rings. The molecule has 0 saturated heterocycles. The van der Waals surface area contributed by atoms with Gasteiger partial charge in [-0.05, 0) is 12.5 Å². The molecule has 0 unspecified atom stereocenters. The van der Waals surface area contributed by atoms with Gasteiger partial charge >= 0.3 is 6.09 Å². The number of rotatable bonds is 7. The van der Waals surface area contributed by atoms with Gasteiger partial charge in [0.05, 0.1) is 6.61 Å². The minimum Gasteiger partial charge on any atom is -0.445 e. The van der Waals surface area contributed by atoms with E-state index in [0.29, 0.717) is 0 Å². The van der Waals surface area contributed by atoms with Gasteiger partial charge in [0.1, 0.15) is 18.7 Å². The topological polar surface area (TPSA) is 131 Å². The summed E-state index contributed by atoms with van der Waals surface area (Å²) < 4.78 is 4.96. The molecule has 5 N–H and O–H groups in total. The highest BCUT2D eigenvalue weighted by atomic mass is 16.5. The molecule has 0 bridgehead atoms. The molecular weight excluding hydrogens is 290 g/mol. The van der Waals surface area contributed by atoms with Crippen LogP contribution in [0, 0.1) is 0 Å². The molecule has 0 heterocycles. The summed E-state index contributed by atoms with van der Waals surface area (Å²) in [5.41, 5.74) is 5.79. The predicted octanol–water partition coefficient (Wildman–Crippen LogP) is -0.736. The third-order valence-electron chi connectivity index (χ3n) is 2.78. The van der Waals surface area contributed by atoms with Gasteiger partial charge in [-0.1, -0.05) is 30.3 Å².